The van der Waals surface area contributed by atoms with E-state index < -0.39 is 0 Å². The number of nitrogens with two attached hydrogens (primary N) is 1. The topological polar surface area (TPSA) is 35.2 Å². The highest BCUT2D eigenvalue weighted by Crippen LogP contribution is 2.26. The van der Waals surface area contributed by atoms with Gasteiger partial charge in [-0.3, -0.25) is 0 Å². The number of ether oxygens (including phenoxy) is 1. The van der Waals surface area contributed by atoms with E-state index in [0.717, 1.165) is 31.4 Å². The third kappa shape index (κ3) is 2.76. The van der Waals surface area contributed by atoms with Gasteiger partial charge in [0, 0.05) is 6.04 Å². The van der Waals surface area contributed by atoms with E-state index in [1.165, 1.54) is 11.1 Å². The minimum Gasteiger partial charge on any atom is -0.490 e. The summed E-state index contributed by atoms with van der Waals surface area (Å²) in [7, 11) is 0. The summed E-state index contributed by atoms with van der Waals surface area (Å²) in [5.41, 5.74) is 8.37. The van der Waals surface area contributed by atoms with Gasteiger partial charge in [-0.1, -0.05) is 12.1 Å². The van der Waals surface area contributed by atoms with E-state index in [9.17, 15) is 0 Å². The van der Waals surface area contributed by atoms with Gasteiger partial charge in [0.05, 0.1) is 6.10 Å². The molecule has 2 N–H and O–H groups in total. The minimum atomic E-state index is 0.361. The lowest BCUT2D eigenvalue weighted by Crippen LogP contribution is -2.31. The highest BCUT2D eigenvalue weighted by molar-refractivity contribution is 5.36. The Labute approximate surface area is 97.8 Å². The van der Waals surface area contributed by atoms with Crippen molar-refractivity contribution < 1.29 is 4.74 Å². The molecule has 0 unspecified atom stereocenters. The molecule has 88 valence electrons. The number of aryl methyl sites for hydroxylation is 2. The maximum Gasteiger partial charge on any atom is 0.122 e. The quantitative estimate of drug-likeness (QED) is 0.830. The van der Waals surface area contributed by atoms with Crippen molar-refractivity contribution in [2.45, 2.75) is 51.7 Å². The molecule has 2 rings (SSSR count). The maximum absolute atomic E-state index is 6.06. The summed E-state index contributed by atoms with van der Waals surface area (Å²) in [5.74, 6) is 1.04. The van der Waals surface area contributed by atoms with Crippen LogP contribution in [-0.2, 0) is 0 Å². The summed E-state index contributed by atoms with van der Waals surface area (Å²) in [5, 5.41) is 0. The molecule has 1 aromatic carbocycles. The summed E-state index contributed by atoms with van der Waals surface area (Å²) in [4.78, 5) is 0. The molecule has 16 heavy (non-hydrogen) atoms. The summed E-state index contributed by atoms with van der Waals surface area (Å²) >= 11 is 0. The second-order valence-corrected chi connectivity index (χ2v) is 4.92. The minimum absolute atomic E-state index is 0.361. The van der Waals surface area contributed by atoms with Crippen molar-refractivity contribution in [3.05, 3.63) is 29.3 Å². The van der Waals surface area contributed by atoms with Crippen LogP contribution in [0.25, 0.3) is 0 Å². The Morgan fingerprint density at radius 3 is 2.50 bits per heavy atom. The highest BCUT2D eigenvalue weighted by Gasteiger charge is 2.20. The van der Waals surface area contributed by atoms with Crippen LogP contribution in [0.2, 0.25) is 0 Å². The SMILES string of the molecule is Cc1ccc(C)c(OC2CCC(N)CC2)c1. The molecule has 1 aliphatic carbocycles. The average Bonchev–Trinajstić information content (AvgIpc) is 2.27. The molecule has 0 amide bonds. The van der Waals surface area contributed by atoms with Gasteiger partial charge >= 0.3 is 0 Å². The fourth-order valence-corrected chi connectivity index (χ4v) is 2.22. The van der Waals surface area contributed by atoms with Gasteiger partial charge in [-0.15, -0.1) is 0 Å². The molecule has 1 aromatic rings. The van der Waals surface area contributed by atoms with Crippen LogP contribution in [-0.4, -0.2) is 12.1 Å². The number of hydrogen-bond acceptors (Lipinski definition) is 2. The zero-order chi connectivity index (χ0) is 11.5. The molecule has 0 aromatic heterocycles. The predicted molar refractivity (Wildman–Crippen MR) is 66.8 cm³/mol. The number of benzene rings is 1. The van der Waals surface area contributed by atoms with E-state index in [4.69, 9.17) is 10.5 Å². The van der Waals surface area contributed by atoms with Gasteiger partial charge in [-0.2, -0.15) is 0 Å². The molecule has 0 bridgehead atoms. The van der Waals surface area contributed by atoms with Crippen LogP contribution in [0.3, 0.4) is 0 Å². The Morgan fingerprint density at radius 2 is 1.81 bits per heavy atom. The van der Waals surface area contributed by atoms with Crippen molar-refractivity contribution in [1.29, 1.82) is 0 Å². The van der Waals surface area contributed by atoms with Crippen LogP contribution in [0, 0.1) is 13.8 Å². The van der Waals surface area contributed by atoms with Crippen LogP contribution in [0.5, 0.6) is 5.75 Å². The van der Waals surface area contributed by atoms with Crippen LogP contribution >= 0.6 is 0 Å². The van der Waals surface area contributed by atoms with Gasteiger partial charge < -0.3 is 10.5 Å². The van der Waals surface area contributed by atoms with Crippen LogP contribution in [0.4, 0.5) is 0 Å². The van der Waals surface area contributed by atoms with Gasteiger partial charge in [0.25, 0.3) is 0 Å². The van der Waals surface area contributed by atoms with Crippen LogP contribution < -0.4 is 10.5 Å². The van der Waals surface area contributed by atoms with Crippen LogP contribution in [0.15, 0.2) is 18.2 Å². The highest BCUT2D eigenvalue weighted by atomic mass is 16.5. The molecule has 1 aliphatic rings. The Bertz CT molecular complexity index is 354. The van der Waals surface area contributed by atoms with E-state index in [1.807, 2.05) is 0 Å². The van der Waals surface area contributed by atoms with Crippen molar-refractivity contribution in [3.8, 4) is 5.75 Å². The van der Waals surface area contributed by atoms with Gasteiger partial charge in [-0.05, 0) is 56.7 Å². The third-order valence-corrected chi connectivity index (χ3v) is 3.36. The largest absolute Gasteiger partial charge is 0.490 e. The molecule has 2 heteroatoms. The Morgan fingerprint density at radius 1 is 1.12 bits per heavy atom. The first-order valence-electron chi connectivity index (χ1n) is 6.14. The summed E-state index contributed by atoms with van der Waals surface area (Å²) < 4.78 is 6.06. The Kier molecular flexibility index (Phi) is 3.49. The molecule has 1 saturated carbocycles. The van der Waals surface area contributed by atoms with E-state index in [0.29, 0.717) is 12.1 Å². The van der Waals surface area contributed by atoms with Crippen molar-refractivity contribution in [2.24, 2.45) is 5.73 Å². The molecule has 0 aliphatic heterocycles. The van der Waals surface area contributed by atoms with Gasteiger partial charge in [0.1, 0.15) is 5.75 Å². The molecule has 0 saturated heterocycles. The zero-order valence-electron chi connectivity index (χ0n) is 10.2. The van der Waals surface area contributed by atoms with Gasteiger partial charge in [0.15, 0.2) is 0 Å². The molecule has 0 spiro atoms. The maximum atomic E-state index is 6.06. The third-order valence-electron chi connectivity index (χ3n) is 3.36. The lowest BCUT2D eigenvalue weighted by atomic mass is 9.93. The van der Waals surface area contributed by atoms with Crippen molar-refractivity contribution in [1.82, 2.24) is 0 Å². The number of rotatable bonds is 2. The first-order chi connectivity index (χ1) is 7.65. The molecule has 0 radical (unpaired) electrons. The standard InChI is InChI=1S/C14H21NO/c1-10-3-4-11(2)14(9-10)16-13-7-5-12(15)6-8-13/h3-4,9,12-13H,5-8,15H2,1-2H3. The molecular formula is C14H21NO. The van der Waals surface area contributed by atoms with E-state index in [2.05, 4.69) is 32.0 Å². The fourth-order valence-electron chi connectivity index (χ4n) is 2.22. The smallest absolute Gasteiger partial charge is 0.122 e. The van der Waals surface area contributed by atoms with Gasteiger partial charge in [0.2, 0.25) is 0 Å². The van der Waals surface area contributed by atoms with Crippen molar-refractivity contribution in [3.63, 3.8) is 0 Å². The molecule has 0 atom stereocenters. The zero-order valence-corrected chi connectivity index (χ0v) is 10.2. The van der Waals surface area contributed by atoms with Gasteiger partial charge in [-0.25, -0.2) is 0 Å². The van der Waals surface area contributed by atoms with E-state index >= 15 is 0 Å². The fraction of sp³-hybridized carbons (Fsp3) is 0.571. The Balaban J connectivity index is 2.00. The van der Waals surface area contributed by atoms with Crippen LogP contribution in [0.1, 0.15) is 36.8 Å². The average molecular weight is 219 g/mol. The first-order valence-corrected chi connectivity index (χ1v) is 6.14. The molecule has 0 heterocycles. The summed E-state index contributed by atoms with van der Waals surface area (Å²) in [6.45, 7) is 4.20. The first kappa shape index (κ1) is 11.5. The van der Waals surface area contributed by atoms with E-state index in [1.54, 1.807) is 0 Å². The number of hydrogen-bond donors (Lipinski definition) is 1. The van der Waals surface area contributed by atoms with E-state index in [-0.39, 0.29) is 0 Å². The summed E-state index contributed by atoms with van der Waals surface area (Å²) in [6, 6.07) is 6.76. The second-order valence-electron chi connectivity index (χ2n) is 4.92. The lowest BCUT2D eigenvalue weighted by Gasteiger charge is -2.27. The summed E-state index contributed by atoms with van der Waals surface area (Å²) in [6.07, 6.45) is 4.73. The van der Waals surface area contributed by atoms with Crippen molar-refractivity contribution in [2.75, 3.05) is 0 Å². The second kappa shape index (κ2) is 4.88. The lowest BCUT2D eigenvalue weighted by molar-refractivity contribution is 0.146. The normalized spacial score (nSPS) is 25.4. The monoisotopic (exact) mass is 219 g/mol. The predicted octanol–water partition coefficient (Wildman–Crippen LogP) is 2.95. The Hall–Kier alpha value is -1.02. The molecule has 2 nitrogen and oxygen atoms in total. The molecular weight excluding hydrogens is 198 g/mol. The molecule has 1 fully saturated rings. The van der Waals surface area contributed by atoms with Crippen molar-refractivity contribution >= 4 is 0 Å².